The van der Waals surface area contributed by atoms with Crippen LogP contribution in [0, 0.1) is 12.1 Å². The van der Waals surface area contributed by atoms with Gasteiger partial charge in [0.15, 0.2) is 18.2 Å². The van der Waals surface area contributed by atoms with Crippen LogP contribution < -0.4 is 19.3 Å². The van der Waals surface area contributed by atoms with Crippen LogP contribution in [0.1, 0.15) is 28.4 Å². The van der Waals surface area contributed by atoms with E-state index in [0.29, 0.717) is 31.0 Å². The van der Waals surface area contributed by atoms with Gasteiger partial charge in [0.1, 0.15) is 11.6 Å². The van der Waals surface area contributed by atoms with Crippen LogP contribution in [0.5, 0.6) is 5.75 Å². The quantitative estimate of drug-likeness (QED) is 0.299. The molecule has 0 spiro atoms. The third kappa shape index (κ3) is 4.33. The summed E-state index contributed by atoms with van der Waals surface area (Å²) < 4.78 is 6.85. The molecule has 0 atom stereocenters. The molecule has 36 heavy (non-hydrogen) atoms. The van der Waals surface area contributed by atoms with Crippen LogP contribution in [0.25, 0.3) is 11.1 Å². The van der Waals surface area contributed by atoms with E-state index >= 15 is 0 Å². The molecule has 4 aromatic rings. The van der Waals surface area contributed by atoms with Gasteiger partial charge in [-0.2, -0.15) is 4.73 Å². The van der Waals surface area contributed by atoms with Crippen molar-refractivity contribution in [3.05, 3.63) is 95.2 Å². The monoisotopic (exact) mass is 481 g/mol. The maximum absolute atomic E-state index is 13.3. The van der Waals surface area contributed by atoms with Crippen molar-refractivity contribution in [2.45, 2.75) is 20.3 Å². The SMILES string of the molecule is CCN1c2ncc(CCOc3ccc(-c4ccc[n+]([O-])c4)cc3C)cc2C(=O)N(C)c2cccnc21. The lowest BCUT2D eigenvalue weighted by atomic mass is 10.0. The van der Waals surface area contributed by atoms with Gasteiger partial charge in [-0.25, -0.2) is 9.97 Å². The normalized spacial score (nSPS) is 12.7. The van der Waals surface area contributed by atoms with Gasteiger partial charge in [-0.1, -0.05) is 6.07 Å². The summed E-state index contributed by atoms with van der Waals surface area (Å²) in [5.74, 6) is 2.00. The zero-order valence-electron chi connectivity index (χ0n) is 20.5. The second-order valence-corrected chi connectivity index (χ2v) is 8.70. The number of carbonyl (C=O) groups is 1. The number of benzene rings is 1. The van der Waals surface area contributed by atoms with E-state index in [4.69, 9.17) is 4.74 Å². The van der Waals surface area contributed by atoms with Gasteiger partial charge in [-0.3, -0.25) is 4.79 Å². The number of pyridine rings is 3. The van der Waals surface area contributed by atoms with Gasteiger partial charge < -0.3 is 19.7 Å². The van der Waals surface area contributed by atoms with Crippen LogP contribution in [0.4, 0.5) is 17.3 Å². The summed E-state index contributed by atoms with van der Waals surface area (Å²) in [5.41, 5.74) is 5.02. The van der Waals surface area contributed by atoms with Crippen molar-refractivity contribution in [1.29, 1.82) is 0 Å². The van der Waals surface area contributed by atoms with E-state index in [1.807, 2.05) is 61.2 Å². The van der Waals surface area contributed by atoms with Crippen LogP contribution in [0.15, 0.2) is 73.3 Å². The molecule has 0 unspecified atom stereocenters. The number of carbonyl (C=O) groups excluding carboxylic acids is 1. The number of aromatic nitrogens is 3. The molecule has 3 aromatic heterocycles. The van der Waals surface area contributed by atoms with Crippen molar-refractivity contribution in [3.8, 4) is 16.9 Å². The van der Waals surface area contributed by atoms with Gasteiger partial charge >= 0.3 is 0 Å². The Kier molecular flexibility index (Phi) is 6.25. The average molecular weight is 482 g/mol. The van der Waals surface area contributed by atoms with E-state index in [1.54, 1.807) is 36.6 Å². The first kappa shape index (κ1) is 23.3. The second-order valence-electron chi connectivity index (χ2n) is 8.70. The summed E-state index contributed by atoms with van der Waals surface area (Å²) >= 11 is 0. The molecule has 0 fully saturated rings. The molecule has 1 aliphatic rings. The molecule has 1 aliphatic heterocycles. The number of hydrogen-bond acceptors (Lipinski definition) is 6. The maximum Gasteiger partial charge on any atom is 0.261 e. The van der Waals surface area contributed by atoms with Crippen LogP contribution in [0.3, 0.4) is 0 Å². The smallest absolute Gasteiger partial charge is 0.261 e. The number of fused-ring (bicyclic) bond motifs is 2. The van der Waals surface area contributed by atoms with Crippen molar-refractivity contribution >= 4 is 23.2 Å². The fraction of sp³-hybridized carbons (Fsp3) is 0.214. The summed E-state index contributed by atoms with van der Waals surface area (Å²) in [4.78, 5) is 26.1. The highest BCUT2D eigenvalue weighted by molar-refractivity contribution is 6.12. The van der Waals surface area contributed by atoms with Crippen LogP contribution >= 0.6 is 0 Å². The van der Waals surface area contributed by atoms with Crippen molar-refractivity contribution in [3.63, 3.8) is 0 Å². The molecule has 4 heterocycles. The fourth-order valence-corrected chi connectivity index (χ4v) is 4.45. The van der Waals surface area contributed by atoms with E-state index in [0.717, 1.165) is 44.2 Å². The van der Waals surface area contributed by atoms with Gasteiger partial charge in [0, 0.05) is 44.0 Å². The van der Waals surface area contributed by atoms with E-state index < -0.39 is 0 Å². The number of anilines is 3. The third-order valence-electron chi connectivity index (χ3n) is 6.35. The predicted molar refractivity (Wildman–Crippen MR) is 139 cm³/mol. The second kappa shape index (κ2) is 9.65. The first-order valence-electron chi connectivity index (χ1n) is 11.9. The molecule has 0 aliphatic carbocycles. The Morgan fingerprint density at radius 1 is 1.06 bits per heavy atom. The molecule has 182 valence electrons. The fourth-order valence-electron chi connectivity index (χ4n) is 4.45. The highest BCUT2D eigenvalue weighted by Gasteiger charge is 2.30. The van der Waals surface area contributed by atoms with Gasteiger partial charge in [0.2, 0.25) is 0 Å². The predicted octanol–water partition coefficient (Wildman–Crippen LogP) is 4.45. The highest BCUT2D eigenvalue weighted by Crippen LogP contribution is 2.37. The van der Waals surface area contributed by atoms with Crippen molar-refractivity contribution in [2.24, 2.45) is 0 Å². The number of rotatable bonds is 6. The van der Waals surface area contributed by atoms with Crippen LogP contribution in [-0.4, -0.2) is 36.1 Å². The lowest BCUT2D eigenvalue weighted by Gasteiger charge is -2.22. The zero-order valence-corrected chi connectivity index (χ0v) is 20.5. The van der Waals surface area contributed by atoms with Gasteiger partial charge in [-0.05, 0) is 66.9 Å². The van der Waals surface area contributed by atoms with Crippen LogP contribution in [0.2, 0.25) is 0 Å². The lowest BCUT2D eigenvalue weighted by Crippen LogP contribution is -2.25. The molecule has 0 N–H and O–H groups in total. The van der Waals surface area contributed by atoms with E-state index in [-0.39, 0.29) is 5.91 Å². The van der Waals surface area contributed by atoms with E-state index in [1.165, 1.54) is 6.20 Å². The molecule has 5 rings (SSSR count). The Morgan fingerprint density at radius 2 is 1.92 bits per heavy atom. The molecule has 0 radical (unpaired) electrons. The summed E-state index contributed by atoms with van der Waals surface area (Å²) in [6.07, 6.45) is 7.14. The summed E-state index contributed by atoms with van der Waals surface area (Å²) in [7, 11) is 1.76. The molecule has 1 amide bonds. The Labute approximate surface area is 210 Å². The number of aryl methyl sites for hydroxylation is 1. The summed E-state index contributed by atoms with van der Waals surface area (Å²) in [6, 6.07) is 15.1. The van der Waals surface area contributed by atoms with E-state index in [9.17, 15) is 10.0 Å². The van der Waals surface area contributed by atoms with Gasteiger partial charge in [0.05, 0.1) is 17.9 Å². The van der Waals surface area contributed by atoms with Gasteiger partial charge in [0.25, 0.3) is 5.91 Å². The zero-order chi connectivity index (χ0) is 25.2. The maximum atomic E-state index is 13.3. The minimum atomic E-state index is -0.114. The molecule has 1 aromatic carbocycles. The van der Waals surface area contributed by atoms with Crippen molar-refractivity contribution < 1.29 is 14.3 Å². The molecular formula is C28H27N5O3. The lowest BCUT2D eigenvalue weighted by molar-refractivity contribution is -0.604. The largest absolute Gasteiger partial charge is 0.619 e. The summed E-state index contributed by atoms with van der Waals surface area (Å²) in [6.45, 7) is 5.08. The van der Waals surface area contributed by atoms with Crippen molar-refractivity contribution in [2.75, 3.05) is 30.0 Å². The van der Waals surface area contributed by atoms with Crippen molar-refractivity contribution in [1.82, 2.24) is 9.97 Å². The third-order valence-corrected chi connectivity index (χ3v) is 6.35. The highest BCUT2D eigenvalue weighted by atomic mass is 16.5. The average Bonchev–Trinajstić information content (AvgIpc) is 2.98. The Hall–Kier alpha value is -4.46. The number of ether oxygens (including phenoxy) is 1. The molecule has 0 bridgehead atoms. The number of nitrogens with zero attached hydrogens (tertiary/aromatic N) is 5. The van der Waals surface area contributed by atoms with E-state index in [2.05, 4.69) is 9.97 Å². The molecule has 8 nitrogen and oxygen atoms in total. The van der Waals surface area contributed by atoms with Gasteiger partial charge in [-0.15, -0.1) is 0 Å². The first-order valence-corrected chi connectivity index (χ1v) is 11.9. The minimum Gasteiger partial charge on any atom is -0.619 e. The Morgan fingerprint density at radius 3 is 2.69 bits per heavy atom. The summed E-state index contributed by atoms with van der Waals surface area (Å²) in [5, 5.41) is 11.6. The molecule has 8 heteroatoms. The minimum absolute atomic E-state index is 0.114. The topological polar surface area (TPSA) is 85.5 Å². The molecule has 0 saturated heterocycles. The van der Waals surface area contributed by atoms with Crippen LogP contribution in [-0.2, 0) is 6.42 Å². The molecular weight excluding hydrogens is 454 g/mol. The number of hydrogen-bond donors (Lipinski definition) is 0. The Bertz CT molecular complexity index is 1440. The standard InChI is InChI=1S/C28H27N5O3/c1-4-33-26-23(28(34)31(3)24-8-5-12-29-27(24)33)16-20(17-30-26)11-14-36-25-10-9-21(15-19(25)2)22-7-6-13-32(35)18-22/h5-10,12-13,15-18H,4,11,14H2,1-3H3. The molecule has 0 saturated carbocycles. The first-order chi connectivity index (χ1) is 17.5. The number of amides is 1. The Balaban J connectivity index is 1.32.